The van der Waals surface area contributed by atoms with Gasteiger partial charge in [0.1, 0.15) is 24.1 Å². The van der Waals surface area contributed by atoms with Crippen molar-refractivity contribution in [2.24, 2.45) is 5.73 Å². The molecule has 1 aliphatic rings. The predicted octanol–water partition coefficient (Wildman–Crippen LogP) is 1.86. The Kier molecular flexibility index (Phi) is 5.33. The summed E-state index contributed by atoms with van der Waals surface area (Å²) in [5, 5.41) is 7.38. The summed E-state index contributed by atoms with van der Waals surface area (Å²) >= 11 is 0. The fourth-order valence-electron chi connectivity index (χ4n) is 3.66. The fraction of sp³-hybridized carbons (Fsp3) is 0.273. The Labute approximate surface area is 177 Å². The van der Waals surface area contributed by atoms with Crippen molar-refractivity contribution < 1.29 is 19.1 Å². The molecule has 1 atom stereocenters. The van der Waals surface area contributed by atoms with E-state index in [0.717, 1.165) is 16.7 Å². The average Bonchev–Trinajstić information content (AvgIpc) is 3.09. The van der Waals surface area contributed by atoms with Gasteiger partial charge in [0.2, 0.25) is 5.91 Å². The van der Waals surface area contributed by atoms with E-state index in [1.807, 2.05) is 19.9 Å². The highest BCUT2D eigenvalue weighted by molar-refractivity contribution is 6.04. The SMILES string of the molecule is CCOc1cc2c(cc1NC(=O)Cn1nc(C(N)=O)c3ccccc3c1=O)O[C@@H](C)C2. The molecule has 2 aromatic carbocycles. The molecule has 0 aliphatic carbocycles. The molecule has 1 aliphatic heterocycles. The van der Waals surface area contributed by atoms with Crippen LogP contribution in [0.25, 0.3) is 10.8 Å². The van der Waals surface area contributed by atoms with Crippen LogP contribution in [0.3, 0.4) is 0 Å². The summed E-state index contributed by atoms with van der Waals surface area (Å²) in [6.45, 7) is 3.84. The van der Waals surface area contributed by atoms with Crippen LogP contribution in [0.15, 0.2) is 41.2 Å². The molecule has 0 spiro atoms. The van der Waals surface area contributed by atoms with Gasteiger partial charge in [-0.2, -0.15) is 5.10 Å². The van der Waals surface area contributed by atoms with Crippen molar-refractivity contribution in [1.82, 2.24) is 9.78 Å². The number of ether oxygens (including phenoxy) is 2. The molecular weight excluding hydrogens is 400 g/mol. The Bertz CT molecular complexity index is 1250. The zero-order valence-electron chi connectivity index (χ0n) is 17.2. The van der Waals surface area contributed by atoms with Crippen LogP contribution >= 0.6 is 0 Å². The third-order valence-corrected chi connectivity index (χ3v) is 4.97. The Balaban J connectivity index is 1.65. The van der Waals surface area contributed by atoms with Crippen molar-refractivity contribution in [1.29, 1.82) is 0 Å². The summed E-state index contributed by atoms with van der Waals surface area (Å²) in [6, 6.07) is 10.1. The number of nitrogens with two attached hydrogens (primary N) is 1. The number of amides is 2. The van der Waals surface area contributed by atoms with Gasteiger partial charge in [-0.3, -0.25) is 14.4 Å². The lowest BCUT2D eigenvalue weighted by Gasteiger charge is -2.14. The standard InChI is InChI=1S/C22H22N4O5/c1-3-30-18-9-13-8-12(2)31-17(13)10-16(18)24-19(27)11-26-22(29)15-7-5-4-6-14(15)20(25-26)21(23)28/h4-7,9-10,12H,3,8,11H2,1-2H3,(H2,23,28)(H,24,27)/t12-/m0/s1. The summed E-state index contributed by atoms with van der Waals surface area (Å²) in [6.07, 6.45) is 0.804. The summed E-state index contributed by atoms with van der Waals surface area (Å²) in [5.41, 5.74) is 6.30. The minimum atomic E-state index is -0.783. The Morgan fingerprint density at radius 3 is 2.74 bits per heavy atom. The van der Waals surface area contributed by atoms with Gasteiger partial charge in [-0.25, -0.2) is 4.68 Å². The van der Waals surface area contributed by atoms with E-state index in [2.05, 4.69) is 10.4 Å². The number of carbonyl (C=O) groups is 2. The lowest BCUT2D eigenvalue weighted by Crippen LogP contribution is -2.32. The van der Waals surface area contributed by atoms with E-state index in [4.69, 9.17) is 15.2 Å². The molecule has 31 heavy (non-hydrogen) atoms. The van der Waals surface area contributed by atoms with Crippen LogP contribution < -0.4 is 26.1 Å². The smallest absolute Gasteiger partial charge is 0.275 e. The van der Waals surface area contributed by atoms with Crippen molar-refractivity contribution in [3.8, 4) is 11.5 Å². The lowest BCUT2D eigenvalue weighted by molar-refractivity contribution is -0.117. The quantitative estimate of drug-likeness (QED) is 0.625. The number of hydrogen-bond acceptors (Lipinski definition) is 6. The van der Waals surface area contributed by atoms with Crippen molar-refractivity contribution in [2.75, 3.05) is 11.9 Å². The van der Waals surface area contributed by atoms with Gasteiger partial charge in [0, 0.05) is 23.4 Å². The number of hydrogen-bond donors (Lipinski definition) is 2. The number of nitrogens with one attached hydrogen (secondary N) is 1. The van der Waals surface area contributed by atoms with E-state index in [1.54, 1.807) is 30.3 Å². The van der Waals surface area contributed by atoms with Crippen LogP contribution in [-0.2, 0) is 17.8 Å². The molecule has 2 amide bonds. The molecule has 0 saturated heterocycles. The van der Waals surface area contributed by atoms with E-state index in [1.165, 1.54) is 0 Å². The molecule has 3 aromatic rings. The fourth-order valence-corrected chi connectivity index (χ4v) is 3.66. The maximum Gasteiger partial charge on any atom is 0.275 e. The number of fused-ring (bicyclic) bond motifs is 2. The monoisotopic (exact) mass is 422 g/mol. The molecule has 9 heteroatoms. The highest BCUT2D eigenvalue weighted by Gasteiger charge is 2.23. The third kappa shape index (κ3) is 3.94. The van der Waals surface area contributed by atoms with E-state index in [-0.39, 0.29) is 17.2 Å². The number of rotatable bonds is 6. The molecule has 4 rings (SSSR count). The molecule has 1 aromatic heterocycles. The summed E-state index contributed by atoms with van der Waals surface area (Å²) in [5.74, 6) is -0.0895. The largest absolute Gasteiger partial charge is 0.492 e. The van der Waals surface area contributed by atoms with Crippen LogP contribution in [0.5, 0.6) is 11.5 Å². The summed E-state index contributed by atoms with van der Waals surface area (Å²) in [4.78, 5) is 37.3. The van der Waals surface area contributed by atoms with Gasteiger partial charge in [0.25, 0.3) is 11.5 Å². The highest BCUT2D eigenvalue weighted by atomic mass is 16.5. The predicted molar refractivity (Wildman–Crippen MR) is 115 cm³/mol. The molecule has 0 saturated carbocycles. The van der Waals surface area contributed by atoms with Gasteiger partial charge in [0.15, 0.2) is 5.69 Å². The molecule has 3 N–H and O–H groups in total. The molecule has 0 fully saturated rings. The Morgan fingerprint density at radius 1 is 1.29 bits per heavy atom. The van der Waals surface area contributed by atoms with E-state index in [9.17, 15) is 14.4 Å². The lowest BCUT2D eigenvalue weighted by atomic mass is 10.1. The molecule has 0 bridgehead atoms. The molecular formula is C22H22N4O5. The van der Waals surface area contributed by atoms with Gasteiger partial charge in [-0.15, -0.1) is 0 Å². The van der Waals surface area contributed by atoms with Crippen molar-refractivity contribution >= 4 is 28.3 Å². The van der Waals surface area contributed by atoms with Crippen molar-refractivity contribution in [2.45, 2.75) is 32.9 Å². The van der Waals surface area contributed by atoms with Gasteiger partial charge >= 0.3 is 0 Å². The second kappa shape index (κ2) is 8.10. The number of anilines is 1. The van der Waals surface area contributed by atoms with E-state index in [0.29, 0.717) is 29.2 Å². The van der Waals surface area contributed by atoms with Crippen LogP contribution in [-0.4, -0.2) is 34.3 Å². The summed E-state index contributed by atoms with van der Waals surface area (Å²) < 4.78 is 12.4. The summed E-state index contributed by atoms with van der Waals surface area (Å²) in [7, 11) is 0. The van der Waals surface area contributed by atoms with E-state index >= 15 is 0 Å². The first kappa shape index (κ1) is 20.4. The van der Waals surface area contributed by atoms with E-state index < -0.39 is 23.9 Å². The van der Waals surface area contributed by atoms with Crippen LogP contribution in [0.1, 0.15) is 29.9 Å². The first-order valence-electron chi connectivity index (χ1n) is 9.93. The molecule has 9 nitrogen and oxygen atoms in total. The van der Waals surface area contributed by atoms with Crippen LogP contribution in [0.4, 0.5) is 5.69 Å². The maximum absolute atomic E-state index is 12.8. The Hall–Kier alpha value is -3.88. The number of aromatic nitrogens is 2. The van der Waals surface area contributed by atoms with Crippen LogP contribution in [0.2, 0.25) is 0 Å². The minimum absolute atomic E-state index is 0.0445. The van der Waals surface area contributed by atoms with Gasteiger partial charge in [-0.05, 0) is 26.0 Å². The second-order valence-electron chi connectivity index (χ2n) is 7.29. The second-order valence-corrected chi connectivity index (χ2v) is 7.29. The van der Waals surface area contributed by atoms with Crippen molar-refractivity contribution in [3.05, 3.63) is 58.0 Å². The third-order valence-electron chi connectivity index (χ3n) is 4.97. The normalized spacial score (nSPS) is 14.7. The number of primary amides is 1. The average molecular weight is 422 g/mol. The minimum Gasteiger partial charge on any atom is -0.492 e. The van der Waals surface area contributed by atoms with Crippen LogP contribution in [0, 0.1) is 0 Å². The van der Waals surface area contributed by atoms with Gasteiger partial charge < -0.3 is 20.5 Å². The number of nitrogens with zero attached hydrogens (tertiary/aromatic N) is 2. The Morgan fingerprint density at radius 2 is 2.03 bits per heavy atom. The first-order chi connectivity index (χ1) is 14.9. The maximum atomic E-state index is 12.8. The zero-order valence-corrected chi connectivity index (χ0v) is 17.2. The van der Waals surface area contributed by atoms with Gasteiger partial charge in [0.05, 0.1) is 17.7 Å². The van der Waals surface area contributed by atoms with Gasteiger partial charge in [-0.1, -0.05) is 18.2 Å². The van der Waals surface area contributed by atoms with Crippen molar-refractivity contribution in [3.63, 3.8) is 0 Å². The first-order valence-corrected chi connectivity index (χ1v) is 9.93. The number of carbonyl (C=O) groups excluding carboxylic acids is 2. The molecule has 0 unspecified atom stereocenters. The molecule has 0 radical (unpaired) electrons. The molecule has 160 valence electrons. The topological polar surface area (TPSA) is 126 Å². The highest BCUT2D eigenvalue weighted by Crippen LogP contribution is 2.38. The molecule has 2 heterocycles. The zero-order chi connectivity index (χ0) is 22.1. The number of benzene rings is 2.